The molecule has 0 aliphatic carbocycles. The topological polar surface area (TPSA) is 55.1 Å². The molecule has 1 atom stereocenters. The summed E-state index contributed by atoms with van der Waals surface area (Å²) in [5, 5.41) is 0. The molecule has 4 heteroatoms. The van der Waals surface area contributed by atoms with Crippen molar-refractivity contribution in [1.29, 1.82) is 0 Å². The molecule has 0 radical (unpaired) electrons. The molecule has 1 amide bonds. The molecule has 0 bridgehead atoms. The second-order valence-electron chi connectivity index (χ2n) is 2.77. The van der Waals surface area contributed by atoms with Crippen LogP contribution in [0.2, 0.25) is 0 Å². The lowest BCUT2D eigenvalue weighted by Crippen LogP contribution is -2.38. The number of primary amides is 1. The first-order valence-corrected chi connectivity index (χ1v) is 4.41. The van der Waals surface area contributed by atoms with E-state index in [1.165, 1.54) is 0 Å². The van der Waals surface area contributed by atoms with Crippen LogP contribution in [-0.2, 0) is 11.2 Å². The van der Waals surface area contributed by atoms with Gasteiger partial charge in [0.2, 0.25) is 5.91 Å². The summed E-state index contributed by atoms with van der Waals surface area (Å²) in [6, 6.07) is 9.25. The summed E-state index contributed by atoms with van der Waals surface area (Å²) in [7, 11) is 0. The summed E-state index contributed by atoms with van der Waals surface area (Å²) in [5.74, 6) is -0.390. The van der Waals surface area contributed by atoms with E-state index in [9.17, 15) is 4.79 Å². The van der Waals surface area contributed by atoms with Crippen molar-refractivity contribution < 1.29 is 4.79 Å². The number of thiol groups is 1. The summed E-state index contributed by atoms with van der Waals surface area (Å²) in [5.41, 5.74) is 6.21. The summed E-state index contributed by atoms with van der Waals surface area (Å²) in [6.45, 7) is 0. The van der Waals surface area contributed by atoms with Crippen molar-refractivity contribution >= 4 is 18.7 Å². The zero-order valence-electron chi connectivity index (χ0n) is 7.10. The van der Waals surface area contributed by atoms with Gasteiger partial charge in [-0.1, -0.05) is 43.1 Å². The molecule has 0 aromatic heterocycles. The van der Waals surface area contributed by atoms with E-state index >= 15 is 0 Å². The minimum absolute atomic E-state index is 0.390. The van der Waals surface area contributed by atoms with E-state index in [1.807, 2.05) is 30.3 Å². The highest BCUT2D eigenvalue weighted by Gasteiger charge is 2.12. The lowest BCUT2D eigenvalue weighted by atomic mass is 10.1. The Morgan fingerprint density at radius 1 is 1.46 bits per heavy atom. The highest BCUT2D eigenvalue weighted by molar-refractivity contribution is 7.78. The zero-order chi connectivity index (χ0) is 9.68. The number of nitrogens with one attached hydrogen (secondary N) is 1. The van der Waals surface area contributed by atoms with E-state index in [0.717, 1.165) is 5.56 Å². The molecule has 3 nitrogen and oxygen atoms in total. The van der Waals surface area contributed by atoms with Gasteiger partial charge in [-0.2, -0.15) is 0 Å². The van der Waals surface area contributed by atoms with Crippen LogP contribution in [0.1, 0.15) is 5.56 Å². The van der Waals surface area contributed by atoms with Gasteiger partial charge in [-0.15, -0.1) is 0 Å². The number of carbonyl (C=O) groups excluding carboxylic acids is 1. The Balaban J connectivity index is 2.62. The van der Waals surface area contributed by atoms with E-state index in [0.29, 0.717) is 6.42 Å². The van der Waals surface area contributed by atoms with Gasteiger partial charge in [-0.05, 0) is 12.0 Å². The Morgan fingerprint density at radius 2 is 2.08 bits per heavy atom. The van der Waals surface area contributed by atoms with Crippen molar-refractivity contribution in [3.8, 4) is 0 Å². The van der Waals surface area contributed by atoms with Gasteiger partial charge in [0.1, 0.15) is 0 Å². The molecule has 1 aromatic rings. The SMILES string of the molecule is NC(=O)[C@H](Cc1ccccc1)NS. The molecule has 0 saturated heterocycles. The fraction of sp³-hybridized carbons (Fsp3) is 0.222. The van der Waals surface area contributed by atoms with Crippen molar-refractivity contribution in [3.05, 3.63) is 35.9 Å². The number of hydrogen-bond acceptors (Lipinski definition) is 3. The Kier molecular flexibility index (Phi) is 3.79. The minimum atomic E-state index is -0.411. The van der Waals surface area contributed by atoms with E-state index in [1.54, 1.807) is 0 Å². The van der Waals surface area contributed by atoms with Crippen molar-refractivity contribution in [1.82, 2.24) is 4.72 Å². The normalized spacial score (nSPS) is 12.4. The fourth-order valence-corrected chi connectivity index (χ4v) is 1.28. The van der Waals surface area contributed by atoms with E-state index in [-0.39, 0.29) is 5.91 Å². The van der Waals surface area contributed by atoms with Crippen LogP contribution in [0, 0.1) is 0 Å². The van der Waals surface area contributed by atoms with Gasteiger partial charge in [0, 0.05) is 0 Å². The largest absolute Gasteiger partial charge is 0.368 e. The number of carbonyl (C=O) groups is 1. The summed E-state index contributed by atoms with van der Waals surface area (Å²) < 4.78 is 2.57. The highest BCUT2D eigenvalue weighted by Crippen LogP contribution is 2.02. The van der Waals surface area contributed by atoms with Crippen LogP contribution in [0.25, 0.3) is 0 Å². The lowest BCUT2D eigenvalue weighted by Gasteiger charge is -2.10. The molecule has 1 aromatic carbocycles. The third kappa shape index (κ3) is 3.08. The maximum atomic E-state index is 10.8. The molecule has 1 rings (SSSR count). The smallest absolute Gasteiger partial charge is 0.235 e. The molecule has 0 aliphatic rings. The molecule has 3 N–H and O–H groups in total. The van der Waals surface area contributed by atoms with Crippen LogP contribution in [0.3, 0.4) is 0 Å². The molecular formula is C9H12N2OS. The van der Waals surface area contributed by atoms with Crippen molar-refractivity contribution in [2.45, 2.75) is 12.5 Å². The van der Waals surface area contributed by atoms with Gasteiger partial charge in [0.25, 0.3) is 0 Å². The monoisotopic (exact) mass is 196 g/mol. The maximum Gasteiger partial charge on any atom is 0.235 e. The first kappa shape index (κ1) is 10.1. The van der Waals surface area contributed by atoms with Gasteiger partial charge in [-0.25, -0.2) is 0 Å². The number of nitrogens with two attached hydrogens (primary N) is 1. The molecular weight excluding hydrogens is 184 g/mol. The molecule has 0 saturated carbocycles. The molecule has 0 aliphatic heterocycles. The van der Waals surface area contributed by atoms with Gasteiger partial charge < -0.3 is 5.73 Å². The molecule has 0 heterocycles. The van der Waals surface area contributed by atoms with Gasteiger partial charge in [0.15, 0.2) is 0 Å². The second kappa shape index (κ2) is 4.89. The molecule has 0 spiro atoms. The van der Waals surface area contributed by atoms with Gasteiger partial charge in [-0.3, -0.25) is 9.52 Å². The molecule has 70 valence electrons. The Hall–Kier alpha value is -1.00. The van der Waals surface area contributed by atoms with Crippen LogP contribution in [0.4, 0.5) is 0 Å². The fourth-order valence-electron chi connectivity index (χ4n) is 1.06. The van der Waals surface area contributed by atoms with Gasteiger partial charge >= 0.3 is 0 Å². The van der Waals surface area contributed by atoms with Crippen LogP contribution in [0.5, 0.6) is 0 Å². The number of hydrogen-bond donors (Lipinski definition) is 3. The summed E-state index contributed by atoms with van der Waals surface area (Å²) >= 11 is 3.83. The Morgan fingerprint density at radius 3 is 2.54 bits per heavy atom. The summed E-state index contributed by atoms with van der Waals surface area (Å²) in [6.07, 6.45) is 0.569. The standard InChI is InChI=1S/C9H12N2OS/c10-9(12)8(11-13)6-7-4-2-1-3-5-7/h1-5,8,11,13H,6H2,(H2,10,12)/t8-/m0/s1. The van der Waals surface area contributed by atoms with Gasteiger partial charge in [0.05, 0.1) is 6.04 Å². The van der Waals surface area contributed by atoms with Crippen molar-refractivity contribution in [2.75, 3.05) is 0 Å². The maximum absolute atomic E-state index is 10.8. The molecule has 0 fully saturated rings. The quantitative estimate of drug-likeness (QED) is 0.615. The average molecular weight is 196 g/mol. The average Bonchev–Trinajstić information content (AvgIpc) is 2.15. The van der Waals surface area contributed by atoms with Crippen LogP contribution < -0.4 is 10.5 Å². The van der Waals surface area contributed by atoms with Crippen LogP contribution in [0.15, 0.2) is 30.3 Å². The third-order valence-corrected chi connectivity index (χ3v) is 2.09. The predicted molar refractivity (Wildman–Crippen MR) is 55.3 cm³/mol. The summed E-state index contributed by atoms with van der Waals surface area (Å²) in [4.78, 5) is 10.8. The minimum Gasteiger partial charge on any atom is -0.368 e. The number of rotatable bonds is 4. The Bertz CT molecular complexity index is 276. The predicted octanol–water partition coefficient (Wildman–Crippen LogP) is 0.517. The number of amides is 1. The molecule has 0 unspecified atom stereocenters. The molecule has 13 heavy (non-hydrogen) atoms. The van der Waals surface area contributed by atoms with E-state index in [2.05, 4.69) is 17.5 Å². The van der Waals surface area contributed by atoms with E-state index < -0.39 is 6.04 Å². The Labute approximate surface area is 82.9 Å². The van der Waals surface area contributed by atoms with Crippen LogP contribution in [-0.4, -0.2) is 11.9 Å². The lowest BCUT2D eigenvalue weighted by molar-refractivity contribution is -0.119. The highest BCUT2D eigenvalue weighted by atomic mass is 32.1. The second-order valence-corrected chi connectivity index (χ2v) is 3.03. The third-order valence-electron chi connectivity index (χ3n) is 1.78. The van der Waals surface area contributed by atoms with E-state index in [4.69, 9.17) is 5.73 Å². The first-order chi connectivity index (χ1) is 6.24. The van der Waals surface area contributed by atoms with Crippen LogP contribution >= 0.6 is 12.8 Å². The van der Waals surface area contributed by atoms with Crippen molar-refractivity contribution in [3.63, 3.8) is 0 Å². The first-order valence-electron chi connectivity index (χ1n) is 3.97. The van der Waals surface area contributed by atoms with Crippen molar-refractivity contribution in [2.24, 2.45) is 5.73 Å². The number of benzene rings is 1. The zero-order valence-corrected chi connectivity index (χ0v) is 8.00.